The predicted octanol–water partition coefficient (Wildman–Crippen LogP) is 8.76. The van der Waals surface area contributed by atoms with Crippen molar-refractivity contribution in [3.05, 3.63) is 95.1 Å². The fourth-order valence-corrected chi connectivity index (χ4v) is 5.37. The molecule has 0 radical (unpaired) electrons. The Morgan fingerprint density at radius 1 is 0.879 bits per heavy atom. The van der Waals surface area contributed by atoms with Crippen molar-refractivity contribution in [2.45, 2.75) is 106 Å². The highest BCUT2D eigenvalue weighted by molar-refractivity contribution is 6.03. The molecule has 1 aromatic carbocycles. The Kier molecular flexibility index (Phi) is 14.1. The SMILES string of the molecule is C=C(/N=C\C=C(/C)c1cnc(NCc2cccc(C(=O)Nc3ccc(CN(C)C(=O)OC(C)(C)C)cn3)c2)c2c1OCC2)N(C(=O)OC(C)(C)C)C(=O)OC(C)(C)C. The first kappa shape index (κ1) is 44.5. The fraction of sp³-hybridized carbons (Fsp3) is 0.419. The van der Waals surface area contributed by atoms with Crippen molar-refractivity contribution in [1.29, 1.82) is 0 Å². The Bertz CT molecular complexity index is 2050. The van der Waals surface area contributed by atoms with Crippen LogP contribution < -0.4 is 15.4 Å². The number of rotatable bonds is 11. The van der Waals surface area contributed by atoms with E-state index >= 15 is 0 Å². The summed E-state index contributed by atoms with van der Waals surface area (Å²) in [5, 5.41) is 6.22. The molecule has 0 aliphatic carbocycles. The van der Waals surface area contributed by atoms with Crippen LogP contribution in [-0.2, 0) is 33.7 Å². The number of ether oxygens (including phenoxy) is 4. The van der Waals surface area contributed by atoms with Crippen molar-refractivity contribution in [1.82, 2.24) is 19.8 Å². The Labute approximate surface area is 340 Å². The lowest BCUT2D eigenvalue weighted by molar-refractivity contribution is 0.00810. The van der Waals surface area contributed by atoms with Gasteiger partial charge in [-0.05, 0) is 110 Å². The summed E-state index contributed by atoms with van der Waals surface area (Å²) in [6.45, 7) is 22.4. The molecule has 1 aliphatic rings. The molecule has 0 unspecified atom stereocenters. The number of nitrogens with one attached hydrogen (secondary N) is 2. The van der Waals surface area contributed by atoms with Gasteiger partial charge in [-0.15, -0.1) is 0 Å². The molecule has 4 amide bonds. The normalized spacial score (nSPS) is 12.9. The topological polar surface area (TPSA) is 174 Å². The molecule has 1 aliphatic heterocycles. The first-order chi connectivity index (χ1) is 27.0. The number of fused-ring (bicyclic) bond motifs is 1. The summed E-state index contributed by atoms with van der Waals surface area (Å²) in [4.78, 5) is 66.7. The zero-order valence-electron chi connectivity index (χ0n) is 35.3. The second kappa shape index (κ2) is 18.3. The van der Waals surface area contributed by atoms with E-state index < -0.39 is 35.1 Å². The van der Waals surface area contributed by atoms with Gasteiger partial charge in [0.1, 0.15) is 40.0 Å². The van der Waals surface area contributed by atoms with Crippen LogP contribution >= 0.6 is 0 Å². The molecular weight excluding hydrogens is 743 g/mol. The number of hydrogen-bond acceptors (Lipinski definition) is 12. The molecule has 3 heterocycles. The molecule has 2 N–H and O–H groups in total. The van der Waals surface area contributed by atoms with Gasteiger partial charge >= 0.3 is 18.3 Å². The zero-order valence-corrected chi connectivity index (χ0v) is 35.3. The largest absolute Gasteiger partial charge is 0.492 e. The van der Waals surface area contributed by atoms with E-state index in [1.54, 1.807) is 91.3 Å². The zero-order chi connectivity index (χ0) is 43.0. The Balaban J connectivity index is 1.40. The van der Waals surface area contributed by atoms with Crippen molar-refractivity contribution < 1.29 is 38.1 Å². The highest BCUT2D eigenvalue weighted by Crippen LogP contribution is 2.37. The van der Waals surface area contributed by atoms with Crippen LogP contribution in [0.4, 0.5) is 26.0 Å². The van der Waals surface area contributed by atoms with Crippen LogP contribution in [0.25, 0.3) is 5.57 Å². The van der Waals surface area contributed by atoms with E-state index in [0.29, 0.717) is 54.0 Å². The van der Waals surface area contributed by atoms with Gasteiger partial charge in [-0.25, -0.2) is 29.3 Å². The summed E-state index contributed by atoms with van der Waals surface area (Å²) >= 11 is 0. The maximum atomic E-state index is 13.2. The van der Waals surface area contributed by atoms with E-state index in [4.69, 9.17) is 23.9 Å². The molecule has 3 aromatic rings. The monoisotopic (exact) mass is 797 g/mol. The van der Waals surface area contributed by atoms with Gasteiger partial charge in [0, 0.05) is 55.3 Å². The lowest BCUT2D eigenvalue weighted by Gasteiger charge is -2.28. The highest BCUT2D eigenvalue weighted by Gasteiger charge is 2.33. The van der Waals surface area contributed by atoms with Crippen LogP contribution in [0.3, 0.4) is 0 Å². The summed E-state index contributed by atoms with van der Waals surface area (Å²) in [6.07, 6.45) is 4.72. The number of carbonyl (C=O) groups is 4. The standard InChI is InChI=1S/C43H55N7O8/c1-27(18-20-44-28(2)50(39(53)57-42(6,7)8)40(54)58-43(9,10)11)33-25-47-36(32-19-21-55-35(32)33)46-23-29-14-13-15-31(22-29)37(51)48-34-17-16-30(24-45-34)26-49(12)38(52)56-41(3,4)5/h13-18,20,22,24-25H,2,19,21,23,26H2,1,3-12H3,(H,46,47)(H,45,48,51)/b27-18+,44-20-. The number of imide groups is 1. The smallest absolute Gasteiger partial charge is 0.425 e. The summed E-state index contributed by atoms with van der Waals surface area (Å²) in [7, 11) is 1.65. The number of nitrogens with zero attached hydrogens (tertiary/aromatic N) is 5. The average Bonchev–Trinajstić information content (AvgIpc) is 3.60. The quantitative estimate of drug-likeness (QED) is 0.140. The van der Waals surface area contributed by atoms with Crippen molar-refractivity contribution in [2.75, 3.05) is 24.3 Å². The summed E-state index contributed by atoms with van der Waals surface area (Å²) in [5.41, 5.74) is 2.20. The van der Waals surface area contributed by atoms with Crippen molar-refractivity contribution >= 4 is 47.6 Å². The van der Waals surface area contributed by atoms with Crippen molar-refractivity contribution in [2.24, 2.45) is 4.99 Å². The molecule has 310 valence electrons. The number of aliphatic imine (C=N–C) groups is 1. The highest BCUT2D eigenvalue weighted by atomic mass is 16.6. The minimum Gasteiger partial charge on any atom is -0.492 e. The molecule has 0 saturated carbocycles. The lowest BCUT2D eigenvalue weighted by atomic mass is 10.0. The van der Waals surface area contributed by atoms with E-state index in [1.807, 2.05) is 39.8 Å². The fourth-order valence-electron chi connectivity index (χ4n) is 5.37. The molecular formula is C43H55N7O8. The minimum atomic E-state index is -0.958. The number of amides is 4. The van der Waals surface area contributed by atoms with Gasteiger partial charge in [0.15, 0.2) is 0 Å². The Morgan fingerprint density at radius 3 is 2.12 bits per heavy atom. The van der Waals surface area contributed by atoms with Gasteiger partial charge < -0.3 is 34.5 Å². The third kappa shape index (κ3) is 13.2. The summed E-state index contributed by atoms with van der Waals surface area (Å²) < 4.78 is 22.2. The average molecular weight is 798 g/mol. The predicted molar refractivity (Wildman–Crippen MR) is 223 cm³/mol. The summed E-state index contributed by atoms with van der Waals surface area (Å²) in [6, 6.07) is 10.7. The first-order valence-corrected chi connectivity index (χ1v) is 18.8. The van der Waals surface area contributed by atoms with E-state index in [1.165, 1.54) is 11.1 Å². The Morgan fingerprint density at radius 2 is 1.52 bits per heavy atom. The maximum absolute atomic E-state index is 13.2. The molecule has 58 heavy (non-hydrogen) atoms. The third-order valence-electron chi connectivity index (χ3n) is 7.95. The molecule has 4 rings (SSSR count). The number of carbonyl (C=O) groups excluding carboxylic acids is 4. The molecule has 0 bridgehead atoms. The van der Waals surface area contributed by atoms with Crippen molar-refractivity contribution in [3.8, 4) is 5.75 Å². The number of aromatic nitrogens is 2. The van der Waals surface area contributed by atoms with Crippen LogP contribution in [0.5, 0.6) is 5.75 Å². The first-order valence-electron chi connectivity index (χ1n) is 18.8. The number of hydrogen-bond donors (Lipinski definition) is 2. The van der Waals surface area contributed by atoms with Gasteiger partial charge in [0.25, 0.3) is 5.91 Å². The van der Waals surface area contributed by atoms with Crippen molar-refractivity contribution in [3.63, 3.8) is 0 Å². The molecule has 0 spiro atoms. The number of allylic oxidation sites excluding steroid dienone is 2. The maximum Gasteiger partial charge on any atom is 0.425 e. The molecule has 0 fully saturated rings. The second-order valence-electron chi connectivity index (χ2n) is 16.7. The molecule has 0 saturated heterocycles. The van der Waals surface area contributed by atoms with Crippen LogP contribution in [0.1, 0.15) is 102 Å². The van der Waals surface area contributed by atoms with Gasteiger partial charge in [0.2, 0.25) is 0 Å². The molecule has 2 aromatic heterocycles. The van der Waals surface area contributed by atoms with E-state index in [9.17, 15) is 19.2 Å². The summed E-state index contributed by atoms with van der Waals surface area (Å²) in [5.74, 6) is 1.22. The number of benzene rings is 1. The molecule has 15 nitrogen and oxygen atoms in total. The molecule has 15 heteroatoms. The van der Waals surface area contributed by atoms with E-state index in [2.05, 4.69) is 27.2 Å². The van der Waals surface area contributed by atoms with Crippen LogP contribution in [0, 0.1) is 0 Å². The van der Waals surface area contributed by atoms with Crippen LogP contribution in [0.2, 0.25) is 0 Å². The van der Waals surface area contributed by atoms with Gasteiger partial charge in [-0.2, -0.15) is 4.90 Å². The number of pyridine rings is 2. The lowest BCUT2D eigenvalue weighted by Crippen LogP contribution is -2.42. The third-order valence-corrected chi connectivity index (χ3v) is 7.95. The van der Waals surface area contributed by atoms with Gasteiger partial charge in [-0.1, -0.05) is 24.8 Å². The van der Waals surface area contributed by atoms with Gasteiger partial charge in [0.05, 0.1) is 13.2 Å². The second-order valence-corrected chi connectivity index (χ2v) is 16.7. The van der Waals surface area contributed by atoms with E-state index in [-0.39, 0.29) is 11.7 Å². The van der Waals surface area contributed by atoms with Gasteiger partial charge in [-0.3, -0.25) is 4.79 Å². The number of anilines is 2. The van der Waals surface area contributed by atoms with Crippen LogP contribution in [-0.4, -0.2) is 80.6 Å². The van der Waals surface area contributed by atoms with Crippen LogP contribution in [0.15, 0.2) is 72.3 Å². The molecule has 0 atom stereocenters. The Hall–Kier alpha value is -6.25. The minimum absolute atomic E-state index is 0.180. The van der Waals surface area contributed by atoms with E-state index in [0.717, 1.165) is 27.8 Å².